The van der Waals surface area contributed by atoms with Crippen molar-refractivity contribution in [2.75, 3.05) is 5.32 Å². The Labute approximate surface area is 118 Å². The van der Waals surface area contributed by atoms with Crippen LogP contribution in [0, 0.1) is 13.8 Å². The van der Waals surface area contributed by atoms with Crippen molar-refractivity contribution in [2.24, 2.45) is 0 Å². The van der Waals surface area contributed by atoms with E-state index in [1.54, 1.807) is 12.1 Å². The minimum Gasteiger partial charge on any atom is -0.506 e. The van der Waals surface area contributed by atoms with Crippen molar-refractivity contribution in [3.8, 4) is 5.75 Å². The molecule has 2 aromatic rings. The molecule has 1 saturated carbocycles. The third-order valence-electron chi connectivity index (χ3n) is 3.71. The van der Waals surface area contributed by atoms with Crippen LogP contribution in [0.25, 0.3) is 0 Å². The highest BCUT2D eigenvalue weighted by Gasteiger charge is 2.28. The summed E-state index contributed by atoms with van der Waals surface area (Å²) < 4.78 is 0. The summed E-state index contributed by atoms with van der Waals surface area (Å²) in [5, 5.41) is 13.2. The molecule has 0 bridgehead atoms. The smallest absolute Gasteiger partial charge is 0.138 e. The second kappa shape index (κ2) is 5.12. The summed E-state index contributed by atoms with van der Waals surface area (Å²) in [7, 11) is 0. The van der Waals surface area contributed by atoms with Gasteiger partial charge in [0.2, 0.25) is 0 Å². The number of hydrogen-bond acceptors (Lipinski definition) is 4. The number of pyridine rings is 2. The van der Waals surface area contributed by atoms with Gasteiger partial charge in [-0.15, -0.1) is 0 Å². The third-order valence-corrected chi connectivity index (χ3v) is 3.71. The summed E-state index contributed by atoms with van der Waals surface area (Å²) in [6, 6.07) is 5.55. The molecule has 0 atom stereocenters. The molecule has 3 rings (SSSR count). The monoisotopic (exact) mass is 269 g/mol. The molecule has 2 N–H and O–H groups in total. The van der Waals surface area contributed by atoms with Crippen LogP contribution in [0.15, 0.2) is 24.4 Å². The van der Waals surface area contributed by atoms with E-state index < -0.39 is 0 Å². The van der Waals surface area contributed by atoms with Gasteiger partial charge in [0.05, 0.1) is 6.54 Å². The van der Waals surface area contributed by atoms with E-state index in [0.717, 1.165) is 11.5 Å². The fraction of sp³-hybridized carbons (Fsp3) is 0.375. The molecule has 4 heteroatoms. The normalized spacial score (nSPS) is 14.3. The van der Waals surface area contributed by atoms with Gasteiger partial charge < -0.3 is 10.4 Å². The lowest BCUT2D eigenvalue weighted by molar-refractivity contribution is 0.464. The van der Waals surface area contributed by atoms with Crippen molar-refractivity contribution in [2.45, 2.75) is 39.2 Å². The Bertz CT molecular complexity index is 636. The topological polar surface area (TPSA) is 58.0 Å². The zero-order valence-corrected chi connectivity index (χ0v) is 11.8. The van der Waals surface area contributed by atoms with Crippen molar-refractivity contribution in [3.05, 3.63) is 46.9 Å². The molecule has 0 aliphatic heterocycles. The maximum atomic E-state index is 9.84. The Kier molecular flexibility index (Phi) is 3.30. The highest BCUT2D eigenvalue weighted by atomic mass is 16.3. The van der Waals surface area contributed by atoms with Crippen LogP contribution in [0.2, 0.25) is 0 Å². The van der Waals surface area contributed by atoms with Crippen LogP contribution in [-0.2, 0) is 6.54 Å². The summed E-state index contributed by atoms with van der Waals surface area (Å²) in [6.07, 6.45) is 4.32. The summed E-state index contributed by atoms with van der Waals surface area (Å²) in [5.74, 6) is 1.80. The molecular formula is C16H19N3O. The molecule has 0 radical (unpaired) electrons. The minimum atomic E-state index is 0.226. The molecule has 0 aromatic carbocycles. The largest absolute Gasteiger partial charge is 0.506 e. The molecule has 4 nitrogen and oxygen atoms in total. The van der Waals surface area contributed by atoms with Crippen LogP contribution in [0.5, 0.6) is 5.75 Å². The van der Waals surface area contributed by atoms with E-state index in [-0.39, 0.29) is 5.75 Å². The first kappa shape index (κ1) is 12.9. The molecule has 20 heavy (non-hydrogen) atoms. The number of nitrogens with zero attached hydrogens (tertiary/aromatic N) is 2. The third kappa shape index (κ3) is 2.59. The van der Waals surface area contributed by atoms with Crippen molar-refractivity contribution in [1.29, 1.82) is 0 Å². The second-order valence-corrected chi connectivity index (χ2v) is 5.44. The van der Waals surface area contributed by atoms with Gasteiger partial charge in [-0.25, -0.2) is 4.98 Å². The van der Waals surface area contributed by atoms with Gasteiger partial charge >= 0.3 is 0 Å². The first-order valence-electron chi connectivity index (χ1n) is 7.00. The molecule has 104 valence electrons. The quantitative estimate of drug-likeness (QED) is 0.894. The van der Waals surface area contributed by atoms with E-state index in [2.05, 4.69) is 28.3 Å². The minimum absolute atomic E-state index is 0.226. The Hall–Kier alpha value is -2.10. The SMILES string of the molecule is Cc1ccc(O)c(CNc2nccc(C)c2C2CC2)n1. The average Bonchev–Trinajstić information content (AvgIpc) is 3.24. The van der Waals surface area contributed by atoms with E-state index in [9.17, 15) is 5.11 Å². The Morgan fingerprint density at radius 3 is 2.80 bits per heavy atom. The molecule has 1 aliphatic carbocycles. The van der Waals surface area contributed by atoms with Crippen LogP contribution in [0.1, 0.15) is 41.3 Å². The molecule has 2 aromatic heterocycles. The van der Waals surface area contributed by atoms with Gasteiger partial charge in [-0.1, -0.05) is 0 Å². The number of aromatic nitrogens is 2. The first-order chi connectivity index (χ1) is 9.65. The molecule has 1 aliphatic rings. The van der Waals surface area contributed by atoms with Crippen LogP contribution in [0.4, 0.5) is 5.82 Å². The lowest BCUT2D eigenvalue weighted by atomic mass is 10.1. The molecular weight excluding hydrogens is 250 g/mol. The number of anilines is 1. The lowest BCUT2D eigenvalue weighted by Crippen LogP contribution is -2.07. The highest BCUT2D eigenvalue weighted by Crippen LogP contribution is 2.44. The van der Waals surface area contributed by atoms with Gasteiger partial charge in [-0.3, -0.25) is 4.98 Å². The standard InChI is InChI=1S/C16H19N3O/c1-10-7-8-17-16(15(10)12-4-5-12)18-9-13-14(20)6-3-11(2)19-13/h3,6-8,12,20H,4-5,9H2,1-2H3,(H,17,18). The van der Waals surface area contributed by atoms with Crippen LogP contribution in [-0.4, -0.2) is 15.1 Å². The van der Waals surface area contributed by atoms with E-state index in [0.29, 0.717) is 18.2 Å². The first-order valence-corrected chi connectivity index (χ1v) is 7.00. The van der Waals surface area contributed by atoms with E-state index >= 15 is 0 Å². The Balaban J connectivity index is 1.82. The maximum Gasteiger partial charge on any atom is 0.138 e. The highest BCUT2D eigenvalue weighted by molar-refractivity contribution is 5.52. The number of hydrogen-bond donors (Lipinski definition) is 2. The van der Waals surface area contributed by atoms with Crippen LogP contribution >= 0.6 is 0 Å². The number of aryl methyl sites for hydroxylation is 2. The molecule has 0 spiro atoms. The average molecular weight is 269 g/mol. The maximum absolute atomic E-state index is 9.84. The van der Waals surface area contributed by atoms with Crippen molar-refractivity contribution in [3.63, 3.8) is 0 Å². The zero-order valence-electron chi connectivity index (χ0n) is 11.8. The second-order valence-electron chi connectivity index (χ2n) is 5.44. The van der Waals surface area contributed by atoms with E-state index in [1.807, 2.05) is 13.1 Å². The lowest BCUT2D eigenvalue weighted by Gasteiger charge is -2.13. The van der Waals surface area contributed by atoms with Gasteiger partial charge in [-0.2, -0.15) is 0 Å². The summed E-state index contributed by atoms with van der Waals surface area (Å²) in [5.41, 5.74) is 4.17. The molecule has 2 heterocycles. The van der Waals surface area contributed by atoms with Gasteiger partial charge in [0.1, 0.15) is 17.3 Å². The van der Waals surface area contributed by atoms with Crippen molar-refractivity contribution < 1.29 is 5.11 Å². The van der Waals surface area contributed by atoms with E-state index in [4.69, 9.17) is 0 Å². The summed E-state index contributed by atoms with van der Waals surface area (Å²) in [6.45, 7) is 4.54. The van der Waals surface area contributed by atoms with Gasteiger partial charge in [0.25, 0.3) is 0 Å². The van der Waals surface area contributed by atoms with Gasteiger partial charge in [0, 0.05) is 17.5 Å². The summed E-state index contributed by atoms with van der Waals surface area (Å²) in [4.78, 5) is 8.81. The van der Waals surface area contributed by atoms with Crippen LogP contribution in [0.3, 0.4) is 0 Å². The number of aromatic hydroxyl groups is 1. The zero-order chi connectivity index (χ0) is 14.1. The summed E-state index contributed by atoms with van der Waals surface area (Å²) >= 11 is 0. The van der Waals surface area contributed by atoms with Crippen LogP contribution < -0.4 is 5.32 Å². The van der Waals surface area contributed by atoms with E-state index in [1.165, 1.54) is 24.0 Å². The predicted octanol–water partition coefficient (Wildman–Crippen LogP) is 3.29. The van der Waals surface area contributed by atoms with Gasteiger partial charge in [-0.05, 0) is 56.4 Å². The predicted molar refractivity (Wildman–Crippen MR) is 78.9 cm³/mol. The van der Waals surface area contributed by atoms with Gasteiger partial charge in [0.15, 0.2) is 0 Å². The molecule has 0 saturated heterocycles. The van der Waals surface area contributed by atoms with Crippen molar-refractivity contribution in [1.82, 2.24) is 9.97 Å². The fourth-order valence-corrected chi connectivity index (χ4v) is 2.50. The van der Waals surface area contributed by atoms with Crippen molar-refractivity contribution >= 4 is 5.82 Å². The molecule has 0 amide bonds. The molecule has 0 unspecified atom stereocenters. The Morgan fingerprint density at radius 2 is 2.05 bits per heavy atom. The Morgan fingerprint density at radius 1 is 1.25 bits per heavy atom. The number of nitrogens with one attached hydrogen (secondary N) is 1. The fourth-order valence-electron chi connectivity index (χ4n) is 2.50. The number of rotatable bonds is 4. The molecule has 1 fully saturated rings.